The maximum atomic E-state index is 12.4. The number of carbonyl (C=O) groups is 2. The van der Waals surface area contributed by atoms with Crippen LogP contribution in [0.5, 0.6) is 17.2 Å². The number of nitrogens with one attached hydrogen (secondary N) is 2. The first-order valence-electron chi connectivity index (χ1n) is 7.45. The summed E-state index contributed by atoms with van der Waals surface area (Å²) in [5.74, 6) is 1.17. The van der Waals surface area contributed by atoms with Gasteiger partial charge in [0.15, 0.2) is 18.1 Å². The molecule has 1 unspecified atom stereocenters. The summed E-state index contributed by atoms with van der Waals surface area (Å²) in [5.41, 5.74) is 1.06. The Morgan fingerprint density at radius 2 is 1.92 bits per heavy atom. The number of fused-ring (bicyclic) bond motifs is 2. The number of amides is 2. The van der Waals surface area contributed by atoms with Crippen LogP contribution in [0.2, 0.25) is 0 Å². The summed E-state index contributed by atoms with van der Waals surface area (Å²) in [7, 11) is 0. The Bertz CT molecular complexity index is 820. The van der Waals surface area contributed by atoms with Crippen LogP contribution in [0, 0.1) is 0 Å². The molecule has 0 radical (unpaired) electrons. The molecule has 2 N–H and O–H groups in total. The standard InChI is InChI=1S/C17H14N2O5/c20-16-9-23-12-6-5-10(7-11(12)19-16)18-17(21)15-8-22-13-3-1-2-4-14(13)24-15/h1-7,15H,8-9H2,(H,18,21)(H,19,20). The molecule has 0 saturated heterocycles. The van der Waals surface area contributed by atoms with E-state index < -0.39 is 6.10 Å². The van der Waals surface area contributed by atoms with Crippen LogP contribution in [0.3, 0.4) is 0 Å². The van der Waals surface area contributed by atoms with Crippen molar-refractivity contribution in [2.45, 2.75) is 6.10 Å². The first-order valence-corrected chi connectivity index (χ1v) is 7.45. The molecule has 2 aliphatic rings. The molecular formula is C17H14N2O5. The van der Waals surface area contributed by atoms with Gasteiger partial charge in [-0.15, -0.1) is 0 Å². The smallest absolute Gasteiger partial charge is 0.269 e. The number of hydrogen-bond acceptors (Lipinski definition) is 5. The zero-order chi connectivity index (χ0) is 16.5. The molecule has 4 rings (SSSR count). The van der Waals surface area contributed by atoms with E-state index in [1.54, 1.807) is 30.3 Å². The lowest BCUT2D eigenvalue weighted by Crippen LogP contribution is -2.40. The molecule has 0 spiro atoms. The van der Waals surface area contributed by atoms with E-state index in [9.17, 15) is 9.59 Å². The van der Waals surface area contributed by atoms with Crippen LogP contribution in [0.4, 0.5) is 11.4 Å². The lowest BCUT2D eigenvalue weighted by Gasteiger charge is -2.25. The van der Waals surface area contributed by atoms with E-state index in [2.05, 4.69) is 10.6 Å². The molecule has 7 heteroatoms. The van der Waals surface area contributed by atoms with Gasteiger partial charge in [-0.2, -0.15) is 0 Å². The molecule has 2 heterocycles. The van der Waals surface area contributed by atoms with Gasteiger partial charge in [0.2, 0.25) is 6.10 Å². The summed E-state index contributed by atoms with van der Waals surface area (Å²) < 4.78 is 16.5. The van der Waals surface area contributed by atoms with Crippen molar-refractivity contribution in [3.63, 3.8) is 0 Å². The fraction of sp³-hybridized carbons (Fsp3) is 0.176. The lowest BCUT2D eigenvalue weighted by atomic mass is 10.2. The molecule has 2 aromatic carbocycles. The third kappa shape index (κ3) is 2.71. The van der Waals surface area contributed by atoms with Gasteiger partial charge >= 0.3 is 0 Å². The highest BCUT2D eigenvalue weighted by Crippen LogP contribution is 2.32. The van der Waals surface area contributed by atoms with Crippen LogP contribution >= 0.6 is 0 Å². The SMILES string of the molecule is O=C1COc2ccc(NC(=O)C3COc4ccccc4O3)cc2N1. The maximum absolute atomic E-state index is 12.4. The van der Waals surface area contributed by atoms with Crippen molar-refractivity contribution in [3.8, 4) is 17.2 Å². The Labute approximate surface area is 137 Å². The summed E-state index contributed by atoms with van der Waals surface area (Å²) in [5, 5.41) is 5.45. The molecule has 0 saturated carbocycles. The minimum atomic E-state index is -0.748. The van der Waals surface area contributed by atoms with Crippen LogP contribution in [-0.2, 0) is 9.59 Å². The zero-order valence-corrected chi connectivity index (χ0v) is 12.6. The summed E-state index contributed by atoms with van der Waals surface area (Å²) >= 11 is 0. The first-order chi connectivity index (χ1) is 11.7. The Morgan fingerprint density at radius 3 is 2.79 bits per heavy atom. The number of ether oxygens (including phenoxy) is 3. The lowest BCUT2D eigenvalue weighted by molar-refractivity contribution is -0.125. The number of anilines is 2. The Morgan fingerprint density at radius 1 is 1.08 bits per heavy atom. The monoisotopic (exact) mass is 326 g/mol. The van der Waals surface area contributed by atoms with E-state index in [0.29, 0.717) is 28.6 Å². The first kappa shape index (κ1) is 14.4. The minimum absolute atomic E-state index is 0.00856. The third-order valence-electron chi connectivity index (χ3n) is 3.68. The van der Waals surface area contributed by atoms with Gasteiger partial charge in [-0.3, -0.25) is 9.59 Å². The van der Waals surface area contributed by atoms with Crippen LogP contribution in [0.15, 0.2) is 42.5 Å². The molecular weight excluding hydrogens is 312 g/mol. The fourth-order valence-corrected chi connectivity index (χ4v) is 2.53. The maximum Gasteiger partial charge on any atom is 0.269 e. The third-order valence-corrected chi connectivity index (χ3v) is 3.68. The highest BCUT2D eigenvalue weighted by Gasteiger charge is 2.27. The van der Waals surface area contributed by atoms with Gasteiger partial charge < -0.3 is 24.8 Å². The quantitative estimate of drug-likeness (QED) is 0.879. The largest absolute Gasteiger partial charge is 0.485 e. The van der Waals surface area contributed by atoms with Gasteiger partial charge in [-0.1, -0.05) is 12.1 Å². The molecule has 0 bridgehead atoms. The fourth-order valence-electron chi connectivity index (χ4n) is 2.53. The Balaban J connectivity index is 1.47. The Hall–Kier alpha value is -3.22. The summed E-state index contributed by atoms with van der Waals surface area (Å²) in [4.78, 5) is 23.7. The van der Waals surface area contributed by atoms with Crippen molar-refractivity contribution >= 4 is 23.2 Å². The molecule has 2 aliphatic heterocycles. The molecule has 0 aliphatic carbocycles. The van der Waals surface area contributed by atoms with Crippen molar-refractivity contribution in [2.75, 3.05) is 23.8 Å². The highest BCUT2D eigenvalue weighted by atomic mass is 16.6. The van der Waals surface area contributed by atoms with Gasteiger partial charge in [-0.25, -0.2) is 0 Å². The second kappa shape index (κ2) is 5.77. The second-order valence-corrected chi connectivity index (χ2v) is 5.40. The van der Waals surface area contributed by atoms with Gasteiger partial charge in [0, 0.05) is 5.69 Å². The van der Waals surface area contributed by atoms with Crippen LogP contribution < -0.4 is 24.8 Å². The Kier molecular flexibility index (Phi) is 3.45. The van der Waals surface area contributed by atoms with Gasteiger partial charge in [-0.05, 0) is 30.3 Å². The number of hydrogen-bond donors (Lipinski definition) is 2. The predicted molar refractivity (Wildman–Crippen MR) is 85.5 cm³/mol. The number of carbonyl (C=O) groups excluding carboxylic acids is 2. The van der Waals surface area contributed by atoms with Crippen LogP contribution in [-0.4, -0.2) is 31.1 Å². The van der Waals surface area contributed by atoms with Gasteiger partial charge in [0.05, 0.1) is 5.69 Å². The van der Waals surface area contributed by atoms with Crippen molar-refractivity contribution in [2.24, 2.45) is 0 Å². The van der Waals surface area contributed by atoms with E-state index in [4.69, 9.17) is 14.2 Å². The molecule has 2 amide bonds. The van der Waals surface area contributed by atoms with E-state index in [1.807, 2.05) is 12.1 Å². The van der Waals surface area contributed by atoms with Crippen molar-refractivity contribution in [1.29, 1.82) is 0 Å². The molecule has 2 aromatic rings. The molecule has 0 fully saturated rings. The minimum Gasteiger partial charge on any atom is -0.485 e. The second-order valence-electron chi connectivity index (χ2n) is 5.40. The van der Waals surface area contributed by atoms with E-state index in [1.165, 1.54) is 0 Å². The van der Waals surface area contributed by atoms with Crippen molar-refractivity contribution in [3.05, 3.63) is 42.5 Å². The predicted octanol–water partition coefficient (Wildman–Crippen LogP) is 1.80. The summed E-state index contributed by atoms with van der Waals surface area (Å²) in [6.45, 7) is 0.124. The summed E-state index contributed by atoms with van der Waals surface area (Å²) in [6, 6.07) is 12.2. The van der Waals surface area contributed by atoms with E-state index in [-0.39, 0.29) is 25.0 Å². The highest BCUT2D eigenvalue weighted by molar-refractivity contribution is 5.98. The van der Waals surface area contributed by atoms with E-state index in [0.717, 1.165) is 0 Å². The molecule has 24 heavy (non-hydrogen) atoms. The molecule has 122 valence electrons. The van der Waals surface area contributed by atoms with Crippen molar-refractivity contribution < 1.29 is 23.8 Å². The van der Waals surface area contributed by atoms with Gasteiger partial charge in [0.25, 0.3) is 11.8 Å². The van der Waals surface area contributed by atoms with E-state index >= 15 is 0 Å². The molecule has 0 aromatic heterocycles. The van der Waals surface area contributed by atoms with Gasteiger partial charge in [0.1, 0.15) is 12.4 Å². The van der Waals surface area contributed by atoms with Crippen LogP contribution in [0.25, 0.3) is 0 Å². The van der Waals surface area contributed by atoms with Crippen molar-refractivity contribution in [1.82, 2.24) is 0 Å². The summed E-state index contributed by atoms with van der Waals surface area (Å²) in [6.07, 6.45) is -0.748. The average Bonchev–Trinajstić information content (AvgIpc) is 2.61. The molecule has 1 atom stereocenters. The number of rotatable bonds is 2. The van der Waals surface area contributed by atoms with Crippen LogP contribution in [0.1, 0.15) is 0 Å². The average molecular weight is 326 g/mol. The number of para-hydroxylation sites is 2. The zero-order valence-electron chi connectivity index (χ0n) is 12.6. The topological polar surface area (TPSA) is 85.9 Å². The molecule has 7 nitrogen and oxygen atoms in total. The number of benzene rings is 2. The normalized spacial score (nSPS) is 18.0.